The zero-order valence-electron chi connectivity index (χ0n) is 11.5. The number of ether oxygens (including phenoxy) is 2. The number of hydrogen-bond donors (Lipinski definition) is 0. The van der Waals surface area contributed by atoms with Gasteiger partial charge in [-0.1, -0.05) is 37.3 Å². The summed E-state index contributed by atoms with van der Waals surface area (Å²) in [6.45, 7) is 10.3. The lowest BCUT2D eigenvalue weighted by Gasteiger charge is -2.28. The van der Waals surface area contributed by atoms with Crippen LogP contribution in [0.4, 0.5) is 0 Å². The Morgan fingerprint density at radius 2 is 1.24 bits per heavy atom. The summed E-state index contributed by atoms with van der Waals surface area (Å²) < 4.78 is 11.7. The van der Waals surface area contributed by atoms with E-state index in [-0.39, 0.29) is 24.4 Å². The lowest BCUT2D eigenvalue weighted by atomic mass is 10.0. The van der Waals surface area contributed by atoms with Crippen LogP contribution in [0.2, 0.25) is 0 Å². The molecule has 1 aromatic rings. The first-order valence-electron chi connectivity index (χ1n) is 6.36. The third kappa shape index (κ3) is 4.88. The molecule has 0 aliphatic rings. The Labute approximate surface area is 105 Å². The zero-order chi connectivity index (χ0) is 12.8. The first kappa shape index (κ1) is 14.2. The second-order valence-electron chi connectivity index (χ2n) is 4.94. The molecule has 0 radical (unpaired) electrons. The van der Waals surface area contributed by atoms with Gasteiger partial charge in [-0.15, -0.1) is 0 Å². The van der Waals surface area contributed by atoms with Crippen molar-refractivity contribution < 1.29 is 9.47 Å². The molecule has 0 aromatic heterocycles. The van der Waals surface area contributed by atoms with E-state index in [4.69, 9.17) is 9.47 Å². The summed E-state index contributed by atoms with van der Waals surface area (Å²) in [7, 11) is 0. The average Bonchev–Trinajstić information content (AvgIpc) is 2.27. The third-order valence-electron chi connectivity index (χ3n) is 2.55. The van der Waals surface area contributed by atoms with Gasteiger partial charge in [0.15, 0.2) is 6.29 Å². The molecule has 0 saturated carbocycles. The molecule has 1 rings (SSSR count). The fraction of sp³-hybridized carbons (Fsp3) is 0.600. The molecule has 0 amide bonds. The molecule has 17 heavy (non-hydrogen) atoms. The first-order chi connectivity index (χ1) is 8.00. The average molecular weight is 236 g/mol. The molecule has 0 heterocycles. The quantitative estimate of drug-likeness (QED) is 0.696. The summed E-state index contributed by atoms with van der Waals surface area (Å²) in [5.74, 6) is 0.237. The van der Waals surface area contributed by atoms with Crippen LogP contribution in [0.3, 0.4) is 0 Å². The predicted octanol–water partition coefficient (Wildman–Crippen LogP) is 3.97. The second-order valence-corrected chi connectivity index (χ2v) is 4.94. The topological polar surface area (TPSA) is 18.5 Å². The molecule has 0 aliphatic heterocycles. The lowest BCUT2D eigenvalue weighted by molar-refractivity contribution is -0.190. The zero-order valence-corrected chi connectivity index (χ0v) is 11.5. The highest BCUT2D eigenvalue weighted by Gasteiger charge is 2.22. The van der Waals surface area contributed by atoms with Gasteiger partial charge in [-0.05, 0) is 33.3 Å². The van der Waals surface area contributed by atoms with Crippen molar-refractivity contribution in [2.24, 2.45) is 0 Å². The van der Waals surface area contributed by atoms with Gasteiger partial charge in [-0.3, -0.25) is 0 Å². The van der Waals surface area contributed by atoms with Crippen LogP contribution in [0.5, 0.6) is 0 Å². The van der Waals surface area contributed by atoms with E-state index in [0.717, 1.165) is 0 Å². The molecule has 0 spiro atoms. The van der Waals surface area contributed by atoms with Gasteiger partial charge in [-0.2, -0.15) is 0 Å². The van der Waals surface area contributed by atoms with Crippen LogP contribution in [0, 0.1) is 0 Å². The Bertz CT molecular complexity index is 296. The van der Waals surface area contributed by atoms with E-state index in [2.05, 4.69) is 19.1 Å². The van der Waals surface area contributed by atoms with Crippen LogP contribution in [0.15, 0.2) is 30.3 Å². The number of rotatable bonds is 6. The Hall–Kier alpha value is -0.860. The Balaban J connectivity index is 2.75. The third-order valence-corrected chi connectivity index (χ3v) is 2.55. The minimum Gasteiger partial charge on any atom is -0.349 e. The molecule has 96 valence electrons. The lowest BCUT2D eigenvalue weighted by Crippen LogP contribution is -2.29. The molecule has 0 saturated heterocycles. The molecule has 0 unspecified atom stereocenters. The van der Waals surface area contributed by atoms with Crippen molar-refractivity contribution in [1.82, 2.24) is 0 Å². The largest absolute Gasteiger partial charge is 0.349 e. The van der Waals surface area contributed by atoms with Gasteiger partial charge in [0.25, 0.3) is 0 Å². The molecular weight excluding hydrogens is 212 g/mol. The second kappa shape index (κ2) is 6.77. The highest BCUT2D eigenvalue weighted by molar-refractivity contribution is 5.19. The maximum Gasteiger partial charge on any atom is 0.164 e. The van der Waals surface area contributed by atoms with E-state index in [0.29, 0.717) is 0 Å². The summed E-state index contributed by atoms with van der Waals surface area (Å²) in [6, 6.07) is 10.4. The van der Waals surface area contributed by atoms with Gasteiger partial charge >= 0.3 is 0 Å². The fourth-order valence-corrected chi connectivity index (χ4v) is 1.72. The normalized spacial score (nSPS) is 13.6. The first-order valence-corrected chi connectivity index (χ1v) is 6.36. The molecule has 0 bridgehead atoms. The molecule has 1 atom stereocenters. The van der Waals surface area contributed by atoms with Crippen molar-refractivity contribution in [1.29, 1.82) is 0 Å². The van der Waals surface area contributed by atoms with Crippen molar-refractivity contribution in [2.75, 3.05) is 0 Å². The summed E-state index contributed by atoms with van der Waals surface area (Å²) in [5, 5.41) is 0. The van der Waals surface area contributed by atoms with E-state index in [1.54, 1.807) is 0 Å². The van der Waals surface area contributed by atoms with Crippen LogP contribution in [-0.2, 0) is 9.47 Å². The highest BCUT2D eigenvalue weighted by Crippen LogP contribution is 2.24. The molecule has 1 aromatic carbocycles. The summed E-state index contributed by atoms with van der Waals surface area (Å²) in [4.78, 5) is 0. The SMILES string of the molecule is CC(C)OC(OC(C)C)[C@H](C)c1ccccc1. The smallest absolute Gasteiger partial charge is 0.164 e. The Kier molecular flexibility index (Phi) is 5.66. The Morgan fingerprint density at radius 1 is 0.765 bits per heavy atom. The van der Waals surface area contributed by atoms with E-state index >= 15 is 0 Å². The van der Waals surface area contributed by atoms with Gasteiger partial charge in [0.1, 0.15) is 0 Å². The minimum absolute atomic E-state index is 0.171. The number of benzene rings is 1. The molecule has 0 N–H and O–H groups in total. The molecule has 0 aliphatic carbocycles. The van der Waals surface area contributed by atoms with E-state index < -0.39 is 0 Å². The van der Waals surface area contributed by atoms with Crippen LogP contribution < -0.4 is 0 Å². The summed E-state index contributed by atoms with van der Waals surface area (Å²) in [6.07, 6.45) is 0.159. The molecule has 2 nitrogen and oxygen atoms in total. The molecular formula is C15H24O2. The van der Waals surface area contributed by atoms with E-state index in [1.165, 1.54) is 5.56 Å². The van der Waals surface area contributed by atoms with Crippen molar-refractivity contribution >= 4 is 0 Å². The van der Waals surface area contributed by atoms with Crippen LogP contribution >= 0.6 is 0 Å². The van der Waals surface area contributed by atoms with E-state index in [1.807, 2.05) is 45.9 Å². The Morgan fingerprint density at radius 3 is 1.65 bits per heavy atom. The maximum atomic E-state index is 5.86. The maximum absolute atomic E-state index is 5.86. The highest BCUT2D eigenvalue weighted by atomic mass is 16.7. The summed E-state index contributed by atoms with van der Waals surface area (Å²) in [5.41, 5.74) is 1.25. The van der Waals surface area contributed by atoms with Gasteiger partial charge in [0.05, 0.1) is 12.2 Å². The molecule has 2 heteroatoms. The van der Waals surface area contributed by atoms with Crippen LogP contribution in [0.25, 0.3) is 0 Å². The van der Waals surface area contributed by atoms with Gasteiger partial charge < -0.3 is 9.47 Å². The van der Waals surface area contributed by atoms with Gasteiger partial charge in [0.2, 0.25) is 0 Å². The van der Waals surface area contributed by atoms with Crippen molar-refractivity contribution in [2.45, 2.75) is 59.0 Å². The van der Waals surface area contributed by atoms with E-state index in [9.17, 15) is 0 Å². The van der Waals surface area contributed by atoms with Crippen molar-refractivity contribution in [3.63, 3.8) is 0 Å². The van der Waals surface area contributed by atoms with Crippen molar-refractivity contribution in [3.8, 4) is 0 Å². The monoisotopic (exact) mass is 236 g/mol. The van der Waals surface area contributed by atoms with Gasteiger partial charge in [0, 0.05) is 5.92 Å². The molecule has 0 fully saturated rings. The fourth-order valence-electron chi connectivity index (χ4n) is 1.72. The standard InChI is InChI=1S/C15H24O2/c1-11(2)16-15(17-12(3)4)13(5)14-9-7-6-8-10-14/h6-13,15H,1-5H3/t13-/m1/s1. The summed E-state index contributed by atoms with van der Waals surface area (Å²) >= 11 is 0. The van der Waals surface area contributed by atoms with Gasteiger partial charge in [-0.25, -0.2) is 0 Å². The van der Waals surface area contributed by atoms with Crippen LogP contribution in [-0.4, -0.2) is 18.5 Å². The van der Waals surface area contributed by atoms with Crippen molar-refractivity contribution in [3.05, 3.63) is 35.9 Å². The minimum atomic E-state index is -0.183. The predicted molar refractivity (Wildman–Crippen MR) is 71.1 cm³/mol. The van der Waals surface area contributed by atoms with Crippen LogP contribution in [0.1, 0.15) is 46.1 Å². The number of hydrogen-bond acceptors (Lipinski definition) is 2.